The van der Waals surface area contributed by atoms with Crippen LogP contribution in [0.2, 0.25) is 0 Å². The molecule has 0 amide bonds. The fraction of sp³-hybridized carbons (Fsp3) is 0.312. The van der Waals surface area contributed by atoms with Crippen molar-refractivity contribution < 1.29 is 0 Å². The highest BCUT2D eigenvalue weighted by Crippen LogP contribution is 2.16. The van der Waals surface area contributed by atoms with Crippen molar-refractivity contribution in [2.45, 2.75) is 26.9 Å². The number of rotatable bonds is 4. The number of hydrogen-bond donors (Lipinski definition) is 1. The second kappa shape index (κ2) is 5.85. The lowest BCUT2D eigenvalue weighted by Crippen LogP contribution is -2.19. The Hall–Kier alpha value is -1.87. The molecule has 1 aromatic carbocycles. The van der Waals surface area contributed by atoms with E-state index in [1.54, 1.807) is 0 Å². The molecule has 19 heavy (non-hydrogen) atoms. The number of nitrogens with two attached hydrogens (primary N) is 1. The van der Waals surface area contributed by atoms with Crippen molar-refractivity contribution >= 4 is 5.69 Å². The zero-order chi connectivity index (χ0) is 13.8. The van der Waals surface area contributed by atoms with Gasteiger partial charge in [0.05, 0.1) is 5.69 Å². The lowest BCUT2D eigenvalue weighted by atomic mass is 10.1. The Morgan fingerprint density at radius 3 is 2.63 bits per heavy atom. The van der Waals surface area contributed by atoms with Gasteiger partial charge in [0.15, 0.2) is 0 Å². The van der Waals surface area contributed by atoms with E-state index in [2.05, 4.69) is 36.0 Å². The summed E-state index contributed by atoms with van der Waals surface area (Å²) in [4.78, 5) is 6.75. The molecule has 0 aliphatic carbocycles. The molecule has 0 aliphatic heterocycles. The lowest BCUT2D eigenvalue weighted by molar-refractivity contribution is 0.315. The first-order valence-electron chi connectivity index (χ1n) is 6.50. The van der Waals surface area contributed by atoms with E-state index in [1.165, 1.54) is 11.1 Å². The minimum Gasteiger partial charge on any atom is -0.398 e. The third-order valence-electron chi connectivity index (χ3n) is 3.12. The van der Waals surface area contributed by atoms with Gasteiger partial charge in [-0.25, -0.2) is 0 Å². The van der Waals surface area contributed by atoms with Crippen LogP contribution in [0.25, 0.3) is 0 Å². The Kier molecular flexibility index (Phi) is 4.17. The minimum absolute atomic E-state index is 0.828. The van der Waals surface area contributed by atoms with Gasteiger partial charge in [-0.2, -0.15) is 0 Å². The quantitative estimate of drug-likeness (QED) is 0.854. The topological polar surface area (TPSA) is 42.1 Å². The molecule has 0 saturated carbocycles. The molecule has 100 valence electrons. The number of nitrogen functional groups attached to an aromatic ring is 1. The van der Waals surface area contributed by atoms with Gasteiger partial charge in [0.25, 0.3) is 0 Å². The molecular weight excluding hydrogens is 234 g/mol. The normalized spacial score (nSPS) is 10.9. The summed E-state index contributed by atoms with van der Waals surface area (Å²) in [5.41, 5.74) is 11.4. The van der Waals surface area contributed by atoms with E-state index in [0.717, 1.165) is 30.2 Å². The lowest BCUT2D eigenvalue weighted by Gasteiger charge is -2.18. The highest BCUT2D eigenvalue weighted by atomic mass is 15.1. The van der Waals surface area contributed by atoms with Crippen LogP contribution in [0.15, 0.2) is 36.4 Å². The van der Waals surface area contributed by atoms with Crippen LogP contribution in [0.5, 0.6) is 0 Å². The molecule has 2 rings (SSSR count). The molecule has 0 spiro atoms. The predicted octanol–water partition coefficient (Wildman–Crippen LogP) is 2.91. The maximum absolute atomic E-state index is 6.01. The van der Waals surface area contributed by atoms with Crippen LogP contribution in [0.4, 0.5) is 5.69 Å². The fourth-order valence-electron chi connectivity index (χ4n) is 2.18. The Labute approximate surface area is 115 Å². The smallest absolute Gasteiger partial charge is 0.0547 e. The van der Waals surface area contributed by atoms with E-state index in [-0.39, 0.29) is 0 Å². The first-order chi connectivity index (χ1) is 9.04. The van der Waals surface area contributed by atoms with Gasteiger partial charge in [0.1, 0.15) is 0 Å². The number of nitrogens with zero attached hydrogens (tertiary/aromatic N) is 2. The zero-order valence-corrected chi connectivity index (χ0v) is 11.9. The number of aryl methyl sites for hydroxylation is 2. The van der Waals surface area contributed by atoms with Gasteiger partial charge in [-0.3, -0.25) is 9.88 Å². The van der Waals surface area contributed by atoms with Crippen molar-refractivity contribution in [3.63, 3.8) is 0 Å². The standard InChI is InChI=1S/C16H21N3/c1-12-7-8-16(17)14(9-12)10-19(3)11-15-6-4-5-13(2)18-15/h4-9H,10-11,17H2,1-3H3. The van der Waals surface area contributed by atoms with Gasteiger partial charge in [0.2, 0.25) is 0 Å². The molecule has 0 radical (unpaired) electrons. The van der Waals surface area contributed by atoms with Crippen LogP contribution < -0.4 is 5.73 Å². The first kappa shape index (κ1) is 13.6. The second-order valence-electron chi connectivity index (χ2n) is 5.14. The van der Waals surface area contributed by atoms with Crippen molar-refractivity contribution in [3.8, 4) is 0 Å². The van der Waals surface area contributed by atoms with Crippen molar-refractivity contribution in [1.82, 2.24) is 9.88 Å². The van der Waals surface area contributed by atoms with Crippen molar-refractivity contribution in [2.24, 2.45) is 0 Å². The van der Waals surface area contributed by atoms with Gasteiger partial charge < -0.3 is 5.73 Å². The monoisotopic (exact) mass is 255 g/mol. The highest BCUT2D eigenvalue weighted by molar-refractivity contribution is 5.48. The minimum atomic E-state index is 0.828. The maximum atomic E-state index is 6.01. The van der Waals surface area contributed by atoms with E-state index in [0.29, 0.717) is 0 Å². The molecule has 0 atom stereocenters. The molecule has 3 heteroatoms. The van der Waals surface area contributed by atoms with Gasteiger partial charge in [-0.05, 0) is 44.7 Å². The predicted molar refractivity (Wildman–Crippen MR) is 79.7 cm³/mol. The SMILES string of the molecule is Cc1ccc(N)c(CN(C)Cc2cccc(C)n2)c1. The number of pyridine rings is 1. The van der Waals surface area contributed by atoms with E-state index in [9.17, 15) is 0 Å². The molecule has 0 aliphatic rings. The average molecular weight is 255 g/mol. The molecule has 1 aromatic heterocycles. The van der Waals surface area contributed by atoms with Gasteiger partial charge >= 0.3 is 0 Å². The van der Waals surface area contributed by atoms with E-state index in [4.69, 9.17) is 5.73 Å². The molecule has 2 N–H and O–H groups in total. The number of benzene rings is 1. The molecule has 0 unspecified atom stereocenters. The van der Waals surface area contributed by atoms with Crippen molar-refractivity contribution in [2.75, 3.05) is 12.8 Å². The largest absolute Gasteiger partial charge is 0.398 e. The van der Waals surface area contributed by atoms with E-state index >= 15 is 0 Å². The van der Waals surface area contributed by atoms with Gasteiger partial charge in [-0.1, -0.05) is 23.8 Å². The van der Waals surface area contributed by atoms with Gasteiger partial charge in [-0.15, -0.1) is 0 Å². The summed E-state index contributed by atoms with van der Waals surface area (Å²) < 4.78 is 0. The second-order valence-corrected chi connectivity index (χ2v) is 5.14. The van der Waals surface area contributed by atoms with Crippen LogP contribution in [0.3, 0.4) is 0 Å². The third kappa shape index (κ3) is 3.80. The molecule has 2 aromatic rings. The Bertz CT molecular complexity index is 564. The summed E-state index contributed by atoms with van der Waals surface area (Å²) in [6.07, 6.45) is 0. The summed E-state index contributed by atoms with van der Waals surface area (Å²) in [5.74, 6) is 0. The summed E-state index contributed by atoms with van der Waals surface area (Å²) >= 11 is 0. The summed E-state index contributed by atoms with van der Waals surface area (Å²) in [5, 5.41) is 0. The van der Waals surface area contributed by atoms with Crippen molar-refractivity contribution in [1.29, 1.82) is 0 Å². The molecule has 1 heterocycles. The molecule has 0 bridgehead atoms. The summed E-state index contributed by atoms with van der Waals surface area (Å²) in [7, 11) is 2.09. The number of anilines is 1. The van der Waals surface area contributed by atoms with E-state index < -0.39 is 0 Å². The Balaban J connectivity index is 2.05. The van der Waals surface area contributed by atoms with Crippen LogP contribution in [-0.4, -0.2) is 16.9 Å². The highest BCUT2D eigenvalue weighted by Gasteiger charge is 2.06. The van der Waals surface area contributed by atoms with Gasteiger partial charge in [0, 0.05) is 24.5 Å². The zero-order valence-electron chi connectivity index (χ0n) is 11.9. The van der Waals surface area contributed by atoms with Crippen LogP contribution in [0, 0.1) is 13.8 Å². The molecule has 0 fully saturated rings. The average Bonchev–Trinajstić information content (AvgIpc) is 2.34. The fourth-order valence-corrected chi connectivity index (χ4v) is 2.18. The number of hydrogen-bond acceptors (Lipinski definition) is 3. The van der Waals surface area contributed by atoms with Crippen molar-refractivity contribution in [3.05, 3.63) is 58.9 Å². The van der Waals surface area contributed by atoms with Crippen LogP contribution in [-0.2, 0) is 13.1 Å². The molecule has 3 nitrogen and oxygen atoms in total. The Morgan fingerprint density at radius 2 is 1.89 bits per heavy atom. The Morgan fingerprint density at radius 1 is 1.11 bits per heavy atom. The number of aromatic nitrogens is 1. The summed E-state index contributed by atoms with van der Waals surface area (Å²) in [6, 6.07) is 12.3. The van der Waals surface area contributed by atoms with Crippen LogP contribution >= 0.6 is 0 Å². The third-order valence-corrected chi connectivity index (χ3v) is 3.12. The van der Waals surface area contributed by atoms with Crippen LogP contribution in [0.1, 0.15) is 22.5 Å². The molecule has 0 saturated heterocycles. The molecular formula is C16H21N3. The first-order valence-corrected chi connectivity index (χ1v) is 6.50. The summed E-state index contributed by atoms with van der Waals surface area (Å²) in [6.45, 7) is 5.77. The maximum Gasteiger partial charge on any atom is 0.0547 e. The van der Waals surface area contributed by atoms with E-state index in [1.807, 2.05) is 31.2 Å².